The van der Waals surface area contributed by atoms with Gasteiger partial charge in [0.05, 0.1) is 0 Å². The molecule has 0 aliphatic rings. The Morgan fingerprint density at radius 1 is 0.121 bits per heavy atom. The second kappa shape index (κ2) is 30.4. The van der Waals surface area contributed by atoms with Crippen LogP contribution in [0.3, 0.4) is 0 Å². The number of hydrogen-bond donors (Lipinski definition) is 0. The van der Waals surface area contributed by atoms with Crippen LogP contribution >= 0.6 is 0 Å². The van der Waals surface area contributed by atoms with E-state index in [1.165, 1.54) is 201 Å². The van der Waals surface area contributed by atoms with Gasteiger partial charge in [-0.15, -0.1) is 0 Å². The summed E-state index contributed by atoms with van der Waals surface area (Å²) < 4.78 is 0. The van der Waals surface area contributed by atoms with Crippen molar-refractivity contribution < 1.29 is 0 Å². The van der Waals surface area contributed by atoms with E-state index in [1.54, 1.807) is 0 Å². The van der Waals surface area contributed by atoms with Crippen LogP contribution in [0.5, 0.6) is 0 Å². The van der Waals surface area contributed by atoms with Crippen molar-refractivity contribution in [2.45, 2.75) is 48.5 Å². The first-order valence-electron chi connectivity index (χ1n) is 37.3. The van der Waals surface area contributed by atoms with Gasteiger partial charge in [0.1, 0.15) is 0 Å². The Morgan fingerprint density at radius 3 is 1.03 bits per heavy atom. The van der Waals surface area contributed by atoms with Crippen molar-refractivity contribution in [2.75, 3.05) is 0 Å². The zero-order chi connectivity index (χ0) is 72.9. The Bertz CT molecular complexity index is 6860. The molecule has 0 bridgehead atoms. The van der Waals surface area contributed by atoms with Crippen LogP contribution in [0.25, 0.3) is 162 Å². The average Bonchev–Trinajstić information content (AvgIpc) is 0.745. The normalized spacial score (nSPS) is 11.1. The molecule has 0 radical (unpaired) electrons. The number of fused-ring (bicyclic) bond motifs is 15. The van der Waals surface area contributed by atoms with Crippen molar-refractivity contribution in [1.29, 1.82) is 0 Å². The van der Waals surface area contributed by atoms with Gasteiger partial charge in [-0.25, -0.2) is 0 Å². The van der Waals surface area contributed by atoms with E-state index in [-0.39, 0.29) is 0 Å². The maximum absolute atomic E-state index is 2.28. The molecule has 0 saturated heterocycles. The summed E-state index contributed by atoms with van der Waals surface area (Å²) in [6.07, 6.45) is 0. The van der Waals surface area contributed by atoms with Crippen LogP contribution in [0.2, 0.25) is 0 Å². The number of benzene rings is 22. The smallest absolute Gasteiger partial charge is 0.00241 e. The standard InChI is InChI=1S/C17H12.6C15H12/c1-11-5-6-14-8-7-12-3-2-4-13-9-10-15(11)17(14)16(12)13;1-11-14-8-4-2-6-12(14)10-13-7-3-5-9-15(11)13;1-11-10-12-6-2-3-8-14(12)15-9-5-4-7-13(11)15;1-11-5-4-8-14-9-12-6-2-3-7-13(12)10-15(11)14;1-11-6-9-15-13(10-11)8-7-12-4-2-3-5-14(12)15;1-11-6-7-14-9-12-4-2-3-5-13(12)10-15(14)8-11;1-11-6-7-13-9-8-12-4-2-3-5-14(12)15(13)10-11/h2-10H,1H3;6*2-10H,1H3. The minimum Gasteiger partial charge on any atom is -0.0616 e. The zero-order valence-electron chi connectivity index (χ0n) is 61.9. The predicted octanol–water partition coefficient (Wildman–Crippen LogP) is 30.7. The second-order valence-electron chi connectivity index (χ2n) is 28.7. The summed E-state index contributed by atoms with van der Waals surface area (Å²) in [5.74, 6) is 0. The third-order valence-electron chi connectivity index (χ3n) is 21.4. The van der Waals surface area contributed by atoms with Gasteiger partial charge in [0, 0.05) is 0 Å². The monoisotopic (exact) mass is 1370 g/mol. The van der Waals surface area contributed by atoms with Crippen molar-refractivity contribution in [2.24, 2.45) is 0 Å². The fourth-order valence-corrected chi connectivity index (χ4v) is 15.8. The van der Waals surface area contributed by atoms with Crippen LogP contribution in [0, 0.1) is 48.5 Å². The maximum atomic E-state index is 2.28. The average molecular weight is 1370 g/mol. The fourth-order valence-electron chi connectivity index (χ4n) is 15.8. The second-order valence-corrected chi connectivity index (χ2v) is 28.7. The molecule has 0 heterocycles. The van der Waals surface area contributed by atoms with Gasteiger partial charge < -0.3 is 0 Å². The van der Waals surface area contributed by atoms with E-state index in [9.17, 15) is 0 Å². The Balaban J connectivity index is 0.0000000955. The fraction of sp³-hybridized carbons (Fsp3) is 0.0654. The zero-order valence-corrected chi connectivity index (χ0v) is 61.9. The number of aryl methyl sites for hydroxylation is 7. The highest BCUT2D eigenvalue weighted by molar-refractivity contribution is 6.23. The van der Waals surface area contributed by atoms with E-state index in [0.717, 1.165) is 0 Å². The van der Waals surface area contributed by atoms with Gasteiger partial charge in [0.25, 0.3) is 0 Å². The first-order valence-corrected chi connectivity index (χ1v) is 37.3. The van der Waals surface area contributed by atoms with Crippen molar-refractivity contribution in [3.8, 4) is 0 Å². The lowest BCUT2D eigenvalue weighted by Gasteiger charge is -2.11. The summed E-state index contributed by atoms with van der Waals surface area (Å²) in [7, 11) is 0. The van der Waals surface area contributed by atoms with Gasteiger partial charge in [-0.2, -0.15) is 0 Å². The third-order valence-corrected chi connectivity index (χ3v) is 21.4. The van der Waals surface area contributed by atoms with Crippen molar-refractivity contribution >= 4 is 162 Å². The Kier molecular flexibility index (Phi) is 19.4. The van der Waals surface area contributed by atoms with Gasteiger partial charge in [0.15, 0.2) is 0 Å². The van der Waals surface area contributed by atoms with E-state index < -0.39 is 0 Å². The third kappa shape index (κ3) is 14.4. The molecule has 0 nitrogen and oxygen atoms in total. The number of rotatable bonds is 0. The van der Waals surface area contributed by atoms with Crippen molar-refractivity contribution in [3.05, 3.63) is 421 Å². The molecule has 0 saturated carbocycles. The molecule has 0 heteroatoms. The van der Waals surface area contributed by atoms with Crippen molar-refractivity contribution in [3.63, 3.8) is 0 Å². The van der Waals surface area contributed by atoms with Crippen LogP contribution in [0.4, 0.5) is 0 Å². The maximum Gasteiger partial charge on any atom is -0.00241 e. The molecule has 107 heavy (non-hydrogen) atoms. The highest BCUT2D eigenvalue weighted by Gasteiger charge is 2.10. The molecule has 0 aromatic heterocycles. The van der Waals surface area contributed by atoms with E-state index in [2.05, 4.69) is 431 Å². The van der Waals surface area contributed by atoms with Crippen molar-refractivity contribution in [1.82, 2.24) is 0 Å². The first-order chi connectivity index (χ1) is 52.4. The molecule has 512 valence electrons. The van der Waals surface area contributed by atoms with E-state index in [1.807, 2.05) is 0 Å². The molecule has 0 amide bonds. The minimum absolute atomic E-state index is 1.31. The molecule has 0 atom stereocenters. The molecule has 22 aromatic rings. The molecule has 0 aliphatic carbocycles. The van der Waals surface area contributed by atoms with Crippen LogP contribution in [0.15, 0.2) is 382 Å². The quantitative estimate of drug-likeness (QED) is 0.105. The SMILES string of the molecule is Cc1c2ccccc2cc2ccccc12.Cc1cc2ccccc2c2ccccc12.Cc1ccc2c(ccc3ccccc32)c1.Cc1ccc2cc3ccccc3cc2c1.Cc1ccc2ccc3cccc4ccc1c2c34.Cc1ccc2ccc3ccccc3c2c1.Cc1cccc2cc3ccccc3cc12. The van der Waals surface area contributed by atoms with E-state index in [0.29, 0.717) is 0 Å². The molecule has 0 spiro atoms. The first kappa shape index (κ1) is 68.4. The van der Waals surface area contributed by atoms with Gasteiger partial charge in [-0.05, 0) is 263 Å². The Hall–Kier alpha value is -13.0. The minimum atomic E-state index is 1.31. The summed E-state index contributed by atoms with van der Waals surface area (Å²) >= 11 is 0. The molecule has 0 N–H and O–H groups in total. The van der Waals surface area contributed by atoms with Gasteiger partial charge >= 0.3 is 0 Å². The van der Waals surface area contributed by atoms with Crippen LogP contribution < -0.4 is 0 Å². The molecular weight excluding hydrogens is 1290 g/mol. The Morgan fingerprint density at radius 2 is 0.421 bits per heavy atom. The van der Waals surface area contributed by atoms with E-state index in [4.69, 9.17) is 0 Å². The summed E-state index contributed by atoms with van der Waals surface area (Å²) in [5, 5.41) is 40.2. The van der Waals surface area contributed by atoms with Gasteiger partial charge in [-0.3, -0.25) is 0 Å². The van der Waals surface area contributed by atoms with Gasteiger partial charge in [-0.1, -0.05) is 369 Å². The molecule has 0 aliphatic heterocycles. The summed E-state index contributed by atoms with van der Waals surface area (Å²) in [6, 6.07) is 137. The van der Waals surface area contributed by atoms with Crippen LogP contribution in [0.1, 0.15) is 38.9 Å². The lowest BCUT2D eigenvalue weighted by atomic mass is 9.92. The summed E-state index contributed by atoms with van der Waals surface area (Å²) in [5.41, 5.74) is 9.39. The molecular formula is C107H84. The Labute approximate surface area is 627 Å². The number of hydrogen-bond acceptors (Lipinski definition) is 0. The largest absolute Gasteiger partial charge is 0.0616 e. The summed E-state index contributed by atoms with van der Waals surface area (Å²) in [4.78, 5) is 0. The van der Waals surface area contributed by atoms with E-state index >= 15 is 0 Å². The molecule has 22 rings (SSSR count). The molecule has 0 fully saturated rings. The molecule has 0 unspecified atom stereocenters. The highest BCUT2D eigenvalue weighted by Crippen LogP contribution is 2.37. The highest BCUT2D eigenvalue weighted by atomic mass is 14.1. The van der Waals surface area contributed by atoms with Crippen LogP contribution in [-0.4, -0.2) is 0 Å². The molecule has 22 aromatic carbocycles. The predicted molar refractivity (Wildman–Crippen MR) is 472 cm³/mol. The van der Waals surface area contributed by atoms with Crippen LogP contribution in [-0.2, 0) is 0 Å². The lowest BCUT2D eigenvalue weighted by molar-refractivity contribution is 1.51. The lowest BCUT2D eigenvalue weighted by Crippen LogP contribution is -1.85. The van der Waals surface area contributed by atoms with Gasteiger partial charge in [0.2, 0.25) is 0 Å². The topological polar surface area (TPSA) is 0 Å². The summed E-state index contributed by atoms with van der Waals surface area (Å²) in [6.45, 7) is 15.1.